The molecule has 0 aliphatic carbocycles. The van der Waals surface area contributed by atoms with Crippen molar-refractivity contribution in [1.29, 1.82) is 0 Å². The van der Waals surface area contributed by atoms with Gasteiger partial charge >= 0.3 is 6.09 Å². The van der Waals surface area contributed by atoms with E-state index in [2.05, 4.69) is 32.2 Å². The maximum Gasteiger partial charge on any atom is 0.407 e. The number of fused-ring (bicyclic) bond motifs is 1. The fourth-order valence-corrected chi connectivity index (χ4v) is 4.64. The number of benzene rings is 2. The minimum absolute atomic E-state index is 0.148. The fourth-order valence-electron chi connectivity index (χ4n) is 4.45. The Morgan fingerprint density at radius 1 is 1.21 bits per heavy atom. The Hall–Kier alpha value is -4.37. The third-order valence-electron chi connectivity index (χ3n) is 6.37. The van der Waals surface area contributed by atoms with E-state index < -0.39 is 6.09 Å². The van der Waals surface area contributed by atoms with Crippen molar-refractivity contribution in [2.24, 2.45) is 0 Å². The largest absolute Gasteiger partial charge is 0.444 e. The second-order valence-corrected chi connectivity index (χ2v) is 9.38. The van der Waals surface area contributed by atoms with Crippen molar-refractivity contribution < 1.29 is 14.3 Å². The SMILES string of the molecule is C=CC(=O)N1CCCC(OC(=O)NCc2ccc(Nc3ncc(Cl)c(-c4c[nH]c5ccccc45)n3)cc2)C1. The molecule has 9 nitrogen and oxygen atoms in total. The number of halogens is 1. The van der Waals surface area contributed by atoms with Crippen molar-refractivity contribution in [1.82, 2.24) is 25.2 Å². The van der Waals surface area contributed by atoms with Crippen LogP contribution in [0.3, 0.4) is 0 Å². The summed E-state index contributed by atoms with van der Waals surface area (Å²) < 4.78 is 5.50. The van der Waals surface area contributed by atoms with Gasteiger partial charge in [-0.25, -0.2) is 14.8 Å². The summed E-state index contributed by atoms with van der Waals surface area (Å²) in [5.74, 6) is 0.270. The number of amides is 2. The molecule has 194 valence electrons. The van der Waals surface area contributed by atoms with Crippen LogP contribution in [0.25, 0.3) is 22.2 Å². The number of hydrogen-bond acceptors (Lipinski definition) is 6. The van der Waals surface area contributed by atoms with Crippen LogP contribution >= 0.6 is 11.6 Å². The third kappa shape index (κ3) is 5.78. The van der Waals surface area contributed by atoms with Crippen LogP contribution < -0.4 is 10.6 Å². The van der Waals surface area contributed by atoms with Crippen LogP contribution in [0.1, 0.15) is 18.4 Å². The number of aromatic nitrogens is 3. The van der Waals surface area contributed by atoms with Crippen LogP contribution in [-0.4, -0.2) is 51.0 Å². The molecule has 3 N–H and O–H groups in total. The number of piperidine rings is 1. The molecular weight excluding hydrogens is 504 g/mol. The van der Waals surface area contributed by atoms with Gasteiger partial charge in [-0.3, -0.25) is 4.79 Å². The molecule has 10 heteroatoms. The monoisotopic (exact) mass is 530 g/mol. The van der Waals surface area contributed by atoms with E-state index in [1.807, 2.05) is 54.7 Å². The van der Waals surface area contributed by atoms with Crippen molar-refractivity contribution in [3.63, 3.8) is 0 Å². The third-order valence-corrected chi connectivity index (χ3v) is 6.65. The Morgan fingerprint density at radius 2 is 2.03 bits per heavy atom. The summed E-state index contributed by atoms with van der Waals surface area (Å²) in [6, 6.07) is 15.5. The molecule has 1 fully saturated rings. The molecule has 4 aromatic rings. The molecule has 0 spiro atoms. The number of aromatic amines is 1. The topological polar surface area (TPSA) is 112 Å². The number of alkyl carbamates (subject to hydrolysis) is 1. The van der Waals surface area contributed by atoms with Gasteiger partial charge in [0.05, 0.1) is 23.5 Å². The van der Waals surface area contributed by atoms with Gasteiger partial charge in [-0.2, -0.15) is 0 Å². The normalized spacial score (nSPS) is 15.2. The lowest BCUT2D eigenvalue weighted by Gasteiger charge is -2.31. The first kappa shape index (κ1) is 25.3. The van der Waals surface area contributed by atoms with Gasteiger partial charge in [-0.05, 0) is 42.7 Å². The summed E-state index contributed by atoms with van der Waals surface area (Å²) in [7, 11) is 0. The van der Waals surface area contributed by atoms with Gasteiger partial charge in [-0.15, -0.1) is 0 Å². The van der Waals surface area contributed by atoms with E-state index in [1.165, 1.54) is 6.08 Å². The van der Waals surface area contributed by atoms with Crippen molar-refractivity contribution >= 4 is 46.1 Å². The highest BCUT2D eigenvalue weighted by Crippen LogP contribution is 2.32. The molecule has 0 saturated carbocycles. The summed E-state index contributed by atoms with van der Waals surface area (Å²) in [5, 5.41) is 7.46. The highest BCUT2D eigenvalue weighted by atomic mass is 35.5. The predicted octanol–water partition coefficient (Wildman–Crippen LogP) is 5.43. The first-order valence-electron chi connectivity index (χ1n) is 12.3. The van der Waals surface area contributed by atoms with Gasteiger partial charge < -0.3 is 25.3 Å². The minimum atomic E-state index is -0.510. The zero-order chi connectivity index (χ0) is 26.5. The highest BCUT2D eigenvalue weighted by molar-refractivity contribution is 6.33. The zero-order valence-corrected chi connectivity index (χ0v) is 21.4. The smallest absolute Gasteiger partial charge is 0.407 e. The molecule has 0 bridgehead atoms. The summed E-state index contributed by atoms with van der Waals surface area (Å²) in [5.41, 5.74) is 4.23. The molecule has 5 rings (SSSR count). The quantitative estimate of drug-likeness (QED) is 0.275. The molecule has 0 radical (unpaired) electrons. The van der Waals surface area contributed by atoms with Crippen LogP contribution in [-0.2, 0) is 16.1 Å². The molecule has 2 aromatic carbocycles. The number of para-hydroxylation sites is 1. The molecule has 1 atom stereocenters. The maximum atomic E-state index is 12.3. The number of H-pyrrole nitrogens is 1. The second kappa shape index (κ2) is 11.4. The number of rotatable bonds is 7. The van der Waals surface area contributed by atoms with E-state index in [1.54, 1.807) is 11.1 Å². The van der Waals surface area contributed by atoms with Crippen LogP contribution in [0, 0.1) is 0 Å². The molecule has 1 unspecified atom stereocenters. The van der Waals surface area contributed by atoms with Gasteiger partial charge in [0, 0.05) is 41.4 Å². The van der Waals surface area contributed by atoms with Crippen LogP contribution in [0.4, 0.5) is 16.4 Å². The Labute approximate surface area is 224 Å². The number of ether oxygens (including phenoxy) is 1. The standard InChI is InChI=1S/C28H27ClN6O3/c1-2-25(36)35-13-5-6-20(17-35)38-28(37)32-14-18-9-11-19(12-10-18)33-27-31-16-23(29)26(34-27)22-15-30-24-8-4-3-7-21(22)24/h2-4,7-12,15-16,20,30H,1,5-6,13-14,17H2,(H,32,37)(H,31,33,34). The fraction of sp³-hybridized carbons (Fsp3) is 0.214. The lowest BCUT2D eigenvalue weighted by atomic mass is 10.1. The first-order chi connectivity index (χ1) is 18.5. The average molecular weight is 531 g/mol. The molecule has 38 heavy (non-hydrogen) atoms. The Bertz CT molecular complexity index is 1470. The van der Waals surface area contributed by atoms with Gasteiger partial charge in [0.2, 0.25) is 11.9 Å². The first-order valence-corrected chi connectivity index (χ1v) is 12.7. The zero-order valence-electron chi connectivity index (χ0n) is 20.6. The van der Waals surface area contributed by atoms with E-state index in [0.717, 1.165) is 40.6 Å². The molecule has 1 saturated heterocycles. The van der Waals surface area contributed by atoms with Crippen LogP contribution in [0.2, 0.25) is 5.02 Å². The van der Waals surface area contributed by atoms with E-state index in [4.69, 9.17) is 16.3 Å². The van der Waals surface area contributed by atoms with Gasteiger partial charge in [0.25, 0.3) is 0 Å². The van der Waals surface area contributed by atoms with Crippen molar-refractivity contribution in [2.45, 2.75) is 25.5 Å². The van der Waals surface area contributed by atoms with Crippen molar-refractivity contribution in [3.8, 4) is 11.3 Å². The maximum absolute atomic E-state index is 12.3. The van der Waals surface area contributed by atoms with Crippen molar-refractivity contribution in [3.05, 3.63) is 84.2 Å². The lowest BCUT2D eigenvalue weighted by Crippen LogP contribution is -2.44. The predicted molar refractivity (Wildman–Crippen MR) is 147 cm³/mol. The molecule has 3 heterocycles. The molecule has 2 aromatic heterocycles. The number of carbonyl (C=O) groups is 2. The Morgan fingerprint density at radius 3 is 2.84 bits per heavy atom. The van der Waals surface area contributed by atoms with E-state index in [0.29, 0.717) is 36.3 Å². The van der Waals surface area contributed by atoms with Gasteiger partial charge in [0.15, 0.2) is 0 Å². The lowest BCUT2D eigenvalue weighted by molar-refractivity contribution is -0.129. The molecule has 1 aliphatic heterocycles. The minimum Gasteiger partial charge on any atom is -0.444 e. The number of anilines is 2. The summed E-state index contributed by atoms with van der Waals surface area (Å²) in [4.78, 5) is 37.9. The van der Waals surface area contributed by atoms with E-state index in [-0.39, 0.29) is 12.0 Å². The van der Waals surface area contributed by atoms with Gasteiger partial charge in [-0.1, -0.05) is 48.5 Å². The van der Waals surface area contributed by atoms with Crippen molar-refractivity contribution in [2.75, 3.05) is 18.4 Å². The Balaban J connectivity index is 1.17. The number of carbonyl (C=O) groups excluding carboxylic acids is 2. The second-order valence-electron chi connectivity index (χ2n) is 8.97. The number of hydrogen-bond donors (Lipinski definition) is 3. The van der Waals surface area contributed by atoms with E-state index in [9.17, 15) is 9.59 Å². The highest BCUT2D eigenvalue weighted by Gasteiger charge is 2.25. The van der Waals surface area contributed by atoms with Crippen LogP contribution in [0.5, 0.6) is 0 Å². The van der Waals surface area contributed by atoms with Crippen LogP contribution in [0.15, 0.2) is 73.6 Å². The van der Waals surface area contributed by atoms with Gasteiger partial charge in [0.1, 0.15) is 6.10 Å². The van der Waals surface area contributed by atoms with E-state index >= 15 is 0 Å². The molecular formula is C28H27ClN6O3. The summed E-state index contributed by atoms with van der Waals surface area (Å²) in [6.07, 6.45) is 5.42. The summed E-state index contributed by atoms with van der Waals surface area (Å²) >= 11 is 6.43. The Kier molecular flexibility index (Phi) is 7.55. The number of nitrogens with one attached hydrogen (secondary N) is 3. The average Bonchev–Trinajstić information content (AvgIpc) is 3.37. The molecule has 2 amide bonds. The number of nitrogens with zero attached hydrogens (tertiary/aromatic N) is 3. The molecule has 1 aliphatic rings. The summed E-state index contributed by atoms with van der Waals surface area (Å²) in [6.45, 7) is 4.85. The number of likely N-dealkylation sites (tertiary alicyclic amines) is 1.